The number of aryl methyl sites for hydroxylation is 1. The summed E-state index contributed by atoms with van der Waals surface area (Å²) >= 11 is 1.03. The number of non-ortho nitro benzene ring substituents is 1. The van der Waals surface area contributed by atoms with Crippen molar-refractivity contribution in [2.45, 2.75) is 18.6 Å². The van der Waals surface area contributed by atoms with Gasteiger partial charge in [-0.1, -0.05) is 17.8 Å². The molecule has 110 valence electrons. The van der Waals surface area contributed by atoms with E-state index in [1.54, 1.807) is 13.0 Å². The first-order chi connectivity index (χ1) is 9.86. The summed E-state index contributed by atoms with van der Waals surface area (Å²) in [5.41, 5.74) is 6.33. The molecule has 0 saturated heterocycles. The Kier molecular flexibility index (Phi) is 4.22. The molecule has 1 aliphatic rings. The van der Waals surface area contributed by atoms with Crippen LogP contribution in [0.25, 0.3) is 0 Å². The number of nitro groups is 1. The average molecular weight is 308 g/mol. The van der Waals surface area contributed by atoms with Gasteiger partial charge in [0, 0.05) is 18.6 Å². The molecule has 1 aromatic carbocycles. The summed E-state index contributed by atoms with van der Waals surface area (Å²) in [6.07, 6.45) is -0.0875. The number of benzene rings is 1. The molecule has 1 unspecified atom stereocenters. The Hall–Kier alpha value is -2.42. The van der Waals surface area contributed by atoms with Gasteiger partial charge in [-0.2, -0.15) is 4.99 Å². The molecule has 0 radical (unpaired) electrons. The summed E-state index contributed by atoms with van der Waals surface area (Å²) in [5, 5.41) is 12.8. The standard InChI is InChI=1S/C12H12N4O4S/c1-6-2-3-7(16(19)20)4-8(6)14-10(17)5-9-11(18)15-12(13)21-9/h2-4,9H,5H2,1H3,(H,14,17)(H2,13,15,18). The van der Waals surface area contributed by atoms with Gasteiger partial charge in [-0.05, 0) is 12.5 Å². The van der Waals surface area contributed by atoms with Crippen molar-refractivity contribution in [1.29, 1.82) is 0 Å². The highest BCUT2D eigenvalue weighted by molar-refractivity contribution is 8.15. The van der Waals surface area contributed by atoms with Crippen LogP contribution in [0.2, 0.25) is 0 Å². The second kappa shape index (κ2) is 5.92. The zero-order valence-corrected chi connectivity index (χ0v) is 11.8. The Labute approximate surface area is 123 Å². The maximum atomic E-state index is 11.9. The number of anilines is 1. The maximum absolute atomic E-state index is 11.9. The molecular weight excluding hydrogens is 296 g/mol. The molecule has 0 fully saturated rings. The van der Waals surface area contributed by atoms with Gasteiger partial charge in [-0.15, -0.1) is 0 Å². The summed E-state index contributed by atoms with van der Waals surface area (Å²) in [7, 11) is 0. The first kappa shape index (κ1) is 15.0. The van der Waals surface area contributed by atoms with Gasteiger partial charge in [-0.25, -0.2) is 0 Å². The summed E-state index contributed by atoms with van der Waals surface area (Å²) in [5.74, 6) is -0.863. The van der Waals surface area contributed by atoms with Crippen LogP contribution in [0.4, 0.5) is 11.4 Å². The lowest BCUT2D eigenvalue weighted by atomic mass is 10.1. The number of nitrogens with zero attached hydrogens (tertiary/aromatic N) is 2. The minimum atomic E-state index is -0.635. The van der Waals surface area contributed by atoms with Crippen LogP contribution in [0.3, 0.4) is 0 Å². The van der Waals surface area contributed by atoms with Crippen molar-refractivity contribution in [3.05, 3.63) is 33.9 Å². The summed E-state index contributed by atoms with van der Waals surface area (Å²) in [6, 6.07) is 4.18. The predicted octanol–water partition coefficient (Wildman–Crippen LogP) is 1.19. The van der Waals surface area contributed by atoms with Crippen LogP contribution in [0.5, 0.6) is 0 Å². The number of hydrogen-bond donors (Lipinski definition) is 2. The first-order valence-electron chi connectivity index (χ1n) is 5.96. The Bertz CT molecular complexity index is 659. The normalized spacial score (nSPS) is 17.5. The molecule has 1 aliphatic heterocycles. The van der Waals surface area contributed by atoms with Gasteiger partial charge in [0.25, 0.3) is 11.6 Å². The number of amidine groups is 1. The Balaban J connectivity index is 2.05. The van der Waals surface area contributed by atoms with Gasteiger partial charge in [-0.3, -0.25) is 19.7 Å². The van der Waals surface area contributed by atoms with Gasteiger partial charge >= 0.3 is 0 Å². The van der Waals surface area contributed by atoms with E-state index in [9.17, 15) is 19.7 Å². The molecule has 2 amide bonds. The lowest BCUT2D eigenvalue weighted by Gasteiger charge is -2.10. The fourth-order valence-electron chi connectivity index (χ4n) is 1.76. The van der Waals surface area contributed by atoms with E-state index in [-0.39, 0.29) is 17.3 Å². The Morgan fingerprint density at radius 2 is 2.29 bits per heavy atom. The number of carbonyl (C=O) groups is 2. The third-order valence-electron chi connectivity index (χ3n) is 2.84. The van der Waals surface area contributed by atoms with Crippen molar-refractivity contribution in [3.63, 3.8) is 0 Å². The molecule has 8 nitrogen and oxygen atoms in total. The van der Waals surface area contributed by atoms with Gasteiger partial charge in [0.05, 0.1) is 10.6 Å². The van der Waals surface area contributed by atoms with Gasteiger partial charge in [0.1, 0.15) is 5.25 Å². The van der Waals surface area contributed by atoms with Crippen LogP contribution in [0.1, 0.15) is 12.0 Å². The number of nitro benzene ring substituents is 1. The van der Waals surface area contributed by atoms with Crippen molar-refractivity contribution < 1.29 is 14.5 Å². The topological polar surface area (TPSA) is 128 Å². The smallest absolute Gasteiger partial charge is 0.271 e. The van der Waals surface area contributed by atoms with E-state index >= 15 is 0 Å². The zero-order valence-electron chi connectivity index (χ0n) is 11.0. The number of rotatable bonds is 4. The highest BCUT2D eigenvalue weighted by Crippen LogP contribution is 2.25. The monoisotopic (exact) mass is 308 g/mol. The Morgan fingerprint density at radius 1 is 1.57 bits per heavy atom. The number of amides is 2. The largest absolute Gasteiger partial charge is 0.378 e. The molecule has 3 N–H and O–H groups in total. The van der Waals surface area contributed by atoms with Gasteiger partial charge < -0.3 is 11.1 Å². The average Bonchev–Trinajstić information content (AvgIpc) is 2.70. The van der Waals surface area contributed by atoms with Crippen molar-refractivity contribution >= 4 is 40.1 Å². The van der Waals surface area contributed by atoms with E-state index in [1.807, 2.05) is 0 Å². The molecular formula is C12H12N4O4S. The molecule has 0 spiro atoms. The van der Waals surface area contributed by atoms with E-state index in [2.05, 4.69) is 10.3 Å². The SMILES string of the molecule is Cc1ccc([N+](=O)[O-])cc1NC(=O)CC1SC(N)=NC1=O. The van der Waals surface area contributed by atoms with Crippen LogP contribution >= 0.6 is 11.8 Å². The highest BCUT2D eigenvalue weighted by Gasteiger charge is 2.29. The lowest BCUT2D eigenvalue weighted by Crippen LogP contribution is -2.22. The molecule has 9 heteroatoms. The molecule has 0 saturated carbocycles. The molecule has 21 heavy (non-hydrogen) atoms. The fraction of sp³-hybridized carbons (Fsp3) is 0.250. The van der Waals surface area contributed by atoms with Crippen LogP contribution in [-0.4, -0.2) is 27.2 Å². The minimum Gasteiger partial charge on any atom is -0.378 e. The quantitative estimate of drug-likeness (QED) is 0.635. The van der Waals surface area contributed by atoms with Crippen molar-refractivity contribution in [1.82, 2.24) is 0 Å². The third-order valence-corrected chi connectivity index (χ3v) is 3.82. The summed E-state index contributed by atoms with van der Waals surface area (Å²) in [6.45, 7) is 1.72. The molecule has 1 aromatic rings. The van der Waals surface area contributed by atoms with E-state index in [0.29, 0.717) is 11.3 Å². The minimum absolute atomic E-state index is 0.0875. The van der Waals surface area contributed by atoms with E-state index in [1.165, 1.54) is 12.1 Å². The maximum Gasteiger partial charge on any atom is 0.271 e. The summed E-state index contributed by atoms with van der Waals surface area (Å²) in [4.78, 5) is 37.1. The van der Waals surface area contributed by atoms with Crippen LogP contribution in [0.15, 0.2) is 23.2 Å². The zero-order chi connectivity index (χ0) is 15.6. The van der Waals surface area contributed by atoms with Gasteiger partial charge in [0.15, 0.2) is 5.17 Å². The second-order valence-corrected chi connectivity index (χ2v) is 5.63. The van der Waals surface area contributed by atoms with Crippen LogP contribution in [0, 0.1) is 17.0 Å². The number of nitrogens with two attached hydrogens (primary N) is 1. The number of aliphatic imine (C=N–C) groups is 1. The number of carbonyl (C=O) groups excluding carboxylic acids is 2. The number of hydrogen-bond acceptors (Lipinski definition) is 6. The molecule has 2 rings (SSSR count). The Morgan fingerprint density at radius 3 is 2.86 bits per heavy atom. The number of nitrogens with one attached hydrogen (secondary N) is 1. The van der Waals surface area contributed by atoms with Crippen molar-refractivity contribution in [2.75, 3.05) is 5.32 Å². The summed E-state index contributed by atoms with van der Waals surface area (Å²) < 4.78 is 0. The molecule has 0 bridgehead atoms. The van der Waals surface area contributed by atoms with Crippen molar-refractivity contribution in [2.24, 2.45) is 10.7 Å². The third kappa shape index (κ3) is 3.57. The predicted molar refractivity (Wildman–Crippen MR) is 79.1 cm³/mol. The number of thioether (sulfide) groups is 1. The highest BCUT2D eigenvalue weighted by atomic mass is 32.2. The first-order valence-corrected chi connectivity index (χ1v) is 6.84. The molecule has 1 atom stereocenters. The van der Waals surface area contributed by atoms with Gasteiger partial charge in [0.2, 0.25) is 5.91 Å². The lowest BCUT2D eigenvalue weighted by molar-refractivity contribution is -0.384. The second-order valence-electron chi connectivity index (χ2n) is 4.40. The van der Waals surface area contributed by atoms with Crippen LogP contribution in [-0.2, 0) is 9.59 Å². The van der Waals surface area contributed by atoms with Crippen molar-refractivity contribution in [3.8, 4) is 0 Å². The molecule has 0 aromatic heterocycles. The van der Waals surface area contributed by atoms with E-state index < -0.39 is 22.0 Å². The fourth-order valence-corrected chi connectivity index (χ4v) is 2.58. The van der Waals surface area contributed by atoms with Crippen LogP contribution < -0.4 is 11.1 Å². The van der Waals surface area contributed by atoms with E-state index in [4.69, 9.17) is 5.73 Å². The van der Waals surface area contributed by atoms with E-state index in [0.717, 1.165) is 11.8 Å². The molecule has 0 aliphatic carbocycles. The molecule has 1 heterocycles.